The minimum atomic E-state index is -1.11. The lowest BCUT2D eigenvalue weighted by Crippen LogP contribution is -2.50. The third kappa shape index (κ3) is 7.46. The molecule has 9 N–H and O–H groups in total. The van der Waals surface area contributed by atoms with Crippen LogP contribution in [0, 0.1) is 0 Å². The molecule has 2 unspecified atom stereocenters. The zero-order chi connectivity index (χ0) is 21.3. The second-order valence-corrected chi connectivity index (χ2v) is 6.15. The zero-order valence-corrected chi connectivity index (χ0v) is 15.3. The molecule has 1 rings (SSSR count). The predicted octanol–water partition coefficient (Wildman–Crippen LogP) is -0.503. The van der Waals surface area contributed by atoms with Gasteiger partial charge in [0, 0.05) is 18.4 Å². The SMILES string of the molecule is C=C(O)c1ccccc1NC(=O)CCC(NC(=O)C(N)CCC(N)=O)C(N)=O. The Bertz CT molecular complexity index is 764. The molecule has 152 valence electrons. The summed E-state index contributed by atoms with van der Waals surface area (Å²) in [6.45, 7) is 3.42. The van der Waals surface area contributed by atoms with E-state index in [1.54, 1.807) is 24.3 Å². The average Bonchev–Trinajstić information content (AvgIpc) is 2.62. The van der Waals surface area contributed by atoms with Crippen LogP contribution in [0.25, 0.3) is 5.76 Å². The summed E-state index contributed by atoms with van der Waals surface area (Å²) >= 11 is 0. The van der Waals surface area contributed by atoms with Crippen molar-refractivity contribution < 1.29 is 24.3 Å². The van der Waals surface area contributed by atoms with Crippen LogP contribution in [0.5, 0.6) is 0 Å². The van der Waals surface area contributed by atoms with Crippen molar-refractivity contribution in [2.45, 2.75) is 37.8 Å². The van der Waals surface area contributed by atoms with E-state index in [1.165, 1.54) is 0 Å². The highest BCUT2D eigenvalue weighted by Gasteiger charge is 2.23. The maximum atomic E-state index is 12.1. The Labute approximate surface area is 162 Å². The van der Waals surface area contributed by atoms with Crippen LogP contribution in [0.1, 0.15) is 31.2 Å². The van der Waals surface area contributed by atoms with E-state index in [0.29, 0.717) is 11.3 Å². The number of amides is 4. The number of rotatable bonds is 11. The highest BCUT2D eigenvalue weighted by molar-refractivity contribution is 5.94. The van der Waals surface area contributed by atoms with Crippen LogP contribution in [-0.4, -0.2) is 40.8 Å². The molecule has 2 atom stereocenters. The average molecular weight is 391 g/mol. The van der Waals surface area contributed by atoms with Crippen LogP contribution in [0.3, 0.4) is 0 Å². The van der Waals surface area contributed by atoms with E-state index in [-0.39, 0.29) is 31.4 Å². The molecule has 0 aromatic heterocycles. The number of primary amides is 2. The van der Waals surface area contributed by atoms with E-state index < -0.39 is 35.7 Å². The van der Waals surface area contributed by atoms with Gasteiger partial charge in [-0.3, -0.25) is 19.2 Å². The van der Waals surface area contributed by atoms with Crippen molar-refractivity contribution >= 4 is 35.1 Å². The van der Waals surface area contributed by atoms with Crippen molar-refractivity contribution in [3.63, 3.8) is 0 Å². The van der Waals surface area contributed by atoms with Gasteiger partial charge >= 0.3 is 0 Å². The molecule has 0 saturated carbocycles. The van der Waals surface area contributed by atoms with Crippen molar-refractivity contribution in [1.82, 2.24) is 5.32 Å². The van der Waals surface area contributed by atoms with Gasteiger partial charge in [0.2, 0.25) is 23.6 Å². The summed E-state index contributed by atoms with van der Waals surface area (Å²) in [7, 11) is 0. The Kier molecular flexibility index (Phi) is 8.63. The molecule has 0 saturated heterocycles. The predicted molar refractivity (Wildman–Crippen MR) is 103 cm³/mol. The molecule has 28 heavy (non-hydrogen) atoms. The van der Waals surface area contributed by atoms with Gasteiger partial charge in [0.1, 0.15) is 11.8 Å². The Morgan fingerprint density at radius 2 is 1.71 bits per heavy atom. The molecule has 0 bridgehead atoms. The summed E-state index contributed by atoms with van der Waals surface area (Å²) in [5, 5.41) is 14.5. The summed E-state index contributed by atoms with van der Waals surface area (Å²) in [4.78, 5) is 46.4. The van der Waals surface area contributed by atoms with Crippen molar-refractivity contribution in [3.05, 3.63) is 36.4 Å². The van der Waals surface area contributed by atoms with Crippen LogP contribution in [0.2, 0.25) is 0 Å². The van der Waals surface area contributed by atoms with Gasteiger partial charge in [0.25, 0.3) is 0 Å². The molecule has 0 aliphatic rings. The molecule has 10 nitrogen and oxygen atoms in total. The monoisotopic (exact) mass is 391 g/mol. The smallest absolute Gasteiger partial charge is 0.240 e. The zero-order valence-electron chi connectivity index (χ0n) is 15.3. The number of aliphatic hydroxyl groups excluding tert-OH is 1. The summed E-state index contributed by atoms with van der Waals surface area (Å²) in [5.74, 6) is -2.76. The lowest BCUT2D eigenvalue weighted by Gasteiger charge is -2.18. The number of para-hydroxylation sites is 1. The molecule has 1 aromatic rings. The van der Waals surface area contributed by atoms with Crippen LogP contribution in [0.15, 0.2) is 30.8 Å². The molecule has 0 spiro atoms. The van der Waals surface area contributed by atoms with E-state index in [4.69, 9.17) is 17.2 Å². The summed E-state index contributed by atoms with van der Waals surface area (Å²) in [6, 6.07) is 4.36. The van der Waals surface area contributed by atoms with Gasteiger partial charge in [-0.1, -0.05) is 18.7 Å². The van der Waals surface area contributed by atoms with E-state index in [9.17, 15) is 24.3 Å². The molecule has 0 heterocycles. The summed E-state index contributed by atoms with van der Waals surface area (Å²) < 4.78 is 0. The van der Waals surface area contributed by atoms with Gasteiger partial charge in [-0.05, 0) is 25.0 Å². The number of benzene rings is 1. The topological polar surface area (TPSA) is 191 Å². The largest absolute Gasteiger partial charge is 0.508 e. The second-order valence-electron chi connectivity index (χ2n) is 6.15. The normalized spacial score (nSPS) is 12.5. The molecule has 10 heteroatoms. The summed E-state index contributed by atoms with van der Waals surface area (Å²) in [6.07, 6.45) is -0.239. The van der Waals surface area contributed by atoms with E-state index >= 15 is 0 Å². The number of anilines is 1. The minimum Gasteiger partial charge on any atom is -0.508 e. The van der Waals surface area contributed by atoms with E-state index in [1.807, 2.05) is 0 Å². The Morgan fingerprint density at radius 3 is 2.29 bits per heavy atom. The standard InChI is InChI=1S/C18H25N5O5/c1-10(24)11-4-2-3-5-13(11)22-16(26)9-7-14(17(21)27)23-18(28)12(19)6-8-15(20)25/h2-5,12,14,24H,1,6-9,19H2,(H2,20,25)(H2,21,27)(H,22,26)(H,23,28). The molecular weight excluding hydrogens is 366 g/mol. The molecule has 4 amide bonds. The lowest BCUT2D eigenvalue weighted by molar-refractivity contribution is -0.129. The fraction of sp³-hybridized carbons (Fsp3) is 0.333. The number of nitrogens with one attached hydrogen (secondary N) is 2. The number of hydrogen-bond donors (Lipinski definition) is 6. The first-order chi connectivity index (χ1) is 13.1. The van der Waals surface area contributed by atoms with Gasteiger partial charge in [-0.15, -0.1) is 0 Å². The molecule has 0 radical (unpaired) electrons. The van der Waals surface area contributed by atoms with Crippen molar-refractivity contribution in [1.29, 1.82) is 0 Å². The number of carbonyl (C=O) groups is 4. The fourth-order valence-corrected chi connectivity index (χ4v) is 2.33. The van der Waals surface area contributed by atoms with E-state index in [0.717, 1.165) is 0 Å². The Balaban J connectivity index is 2.62. The fourth-order valence-electron chi connectivity index (χ4n) is 2.33. The van der Waals surface area contributed by atoms with E-state index in [2.05, 4.69) is 17.2 Å². The van der Waals surface area contributed by atoms with Crippen LogP contribution in [0.4, 0.5) is 5.69 Å². The Hall–Kier alpha value is -3.40. The number of nitrogens with two attached hydrogens (primary N) is 3. The van der Waals surface area contributed by atoms with Gasteiger partial charge in [0.05, 0.1) is 11.7 Å². The molecule has 0 fully saturated rings. The molecule has 0 aliphatic heterocycles. The van der Waals surface area contributed by atoms with Crippen molar-refractivity contribution in [2.75, 3.05) is 5.32 Å². The first-order valence-corrected chi connectivity index (χ1v) is 8.52. The first-order valence-electron chi connectivity index (χ1n) is 8.52. The third-order valence-electron chi connectivity index (χ3n) is 3.87. The van der Waals surface area contributed by atoms with Gasteiger partial charge in [0.15, 0.2) is 0 Å². The molecular formula is C18H25N5O5. The maximum absolute atomic E-state index is 12.1. The second kappa shape index (κ2) is 10.7. The summed E-state index contributed by atoms with van der Waals surface area (Å²) in [5.41, 5.74) is 16.6. The Morgan fingerprint density at radius 1 is 1.07 bits per heavy atom. The lowest BCUT2D eigenvalue weighted by atomic mass is 10.1. The third-order valence-corrected chi connectivity index (χ3v) is 3.87. The number of aliphatic hydroxyl groups is 1. The molecule has 0 aliphatic carbocycles. The highest BCUT2D eigenvalue weighted by atomic mass is 16.3. The van der Waals surface area contributed by atoms with Gasteiger partial charge in [-0.2, -0.15) is 0 Å². The molecule has 1 aromatic carbocycles. The van der Waals surface area contributed by atoms with Gasteiger partial charge < -0.3 is 32.9 Å². The highest BCUT2D eigenvalue weighted by Crippen LogP contribution is 2.20. The van der Waals surface area contributed by atoms with Crippen LogP contribution >= 0.6 is 0 Å². The first kappa shape index (κ1) is 22.6. The van der Waals surface area contributed by atoms with Gasteiger partial charge in [-0.25, -0.2) is 0 Å². The van der Waals surface area contributed by atoms with Crippen molar-refractivity contribution in [3.8, 4) is 0 Å². The number of hydrogen-bond acceptors (Lipinski definition) is 6. The number of carbonyl (C=O) groups excluding carboxylic acids is 4. The van der Waals surface area contributed by atoms with Crippen LogP contribution < -0.4 is 27.8 Å². The minimum absolute atomic E-state index is 0.0228. The quantitative estimate of drug-likeness (QED) is 0.275. The van der Waals surface area contributed by atoms with Crippen molar-refractivity contribution in [2.24, 2.45) is 17.2 Å². The maximum Gasteiger partial charge on any atom is 0.240 e. The van der Waals surface area contributed by atoms with Crippen LogP contribution in [-0.2, 0) is 19.2 Å².